The van der Waals surface area contributed by atoms with Gasteiger partial charge in [-0.1, -0.05) is 12.1 Å². The van der Waals surface area contributed by atoms with E-state index < -0.39 is 0 Å². The molecule has 2 aromatic rings. The highest BCUT2D eigenvalue weighted by molar-refractivity contribution is 5.94. The molecule has 0 bridgehead atoms. The van der Waals surface area contributed by atoms with Crippen molar-refractivity contribution in [2.75, 3.05) is 24.5 Å². The molecule has 3 rings (SSSR count). The van der Waals surface area contributed by atoms with Crippen LogP contribution in [0.3, 0.4) is 0 Å². The molecule has 1 aliphatic heterocycles. The summed E-state index contributed by atoms with van der Waals surface area (Å²) in [6, 6.07) is 8.48. The van der Waals surface area contributed by atoms with E-state index in [4.69, 9.17) is 5.73 Å². The maximum Gasteiger partial charge on any atom is 0.272 e. The van der Waals surface area contributed by atoms with Crippen molar-refractivity contribution in [2.24, 2.45) is 5.73 Å². The number of anilines is 1. The highest BCUT2D eigenvalue weighted by Gasteiger charge is 2.27. The van der Waals surface area contributed by atoms with Crippen molar-refractivity contribution in [1.82, 2.24) is 15.1 Å². The topological polar surface area (TPSA) is 76.2 Å². The van der Waals surface area contributed by atoms with Crippen LogP contribution in [-0.4, -0.2) is 35.3 Å². The lowest BCUT2D eigenvalue weighted by molar-refractivity contribution is 0.0948. The summed E-state index contributed by atoms with van der Waals surface area (Å²) in [5, 5.41) is 7.39. The van der Waals surface area contributed by atoms with Gasteiger partial charge >= 0.3 is 0 Å². The number of benzene rings is 1. The smallest absolute Gasteiger partial charge is 0.272 e. The van der Waals surface area contributed by atoms with E-state index in [1.807, 2.05) is 4.68 Å². The van der Waals surface area contributed by atoms with E-state index in [0.717, 1.165) is 25.1 Å². The monoisotopic (exact) mass is 327 g/mol. The molecular weight excluding hydrogens is 302 g/mol. The molecule has 0 saturated heterocycles. The van der Waals surface area contributed by atoms with E-state index in [9.17, 15) is 4.79 Å². The van der Waals surface area contributed by atoms with Gasteiger partial charge in [0.05, 0.1) is 0 Å². The van der Waals surface area contributed by atoms with Crippen LogP contribution in [0.15, 0.2) is 24.3 Å². The number of amides is 1. The number of carbonyl (C=O) groups is 1. The number of rotatable bonds is 5. The Balaban J connectivity index is 1.91. The Morgan fingerprint density at radius 2 is 2.25 bits per heavy atom. The summed E-state index contributed by atoms with van der Waals surface area (Å²) >= 11 is 0. The second kappa shape index (κ2) is 7.05. The van der Waals surface area contributed by atoms with Gasteiger partial charge in [-0.05, 0) is 31.5 Å². The molecule has 1 amide bonds. The maximum atomic E-state index is 12.4. The van der Waals surface area contributed by atoms with Gasteiger partial charge in [-0.2, -0.15) is 5.10 Å². The molecule has 0 spiro atoms. The Labute approximate surface area is 142 Å². The number of nitrogens with one attached hydrogen (secondary N) is 1. The van der Waals surface area contributed by atoms with Crippen LogP contribution in [0.5, 0.6) is 0 Å². The number of hydrogen-bond acceptors (Lipinski definition) is 4. The van der Waals surface area contributed by atoms with E-state index in [1.54, 1.807) is 0 Å². The molecule has 128 valence electrons. The predicted octanol–water partition coefficient (Wildman–Crippen LogP) is 1.46. The molecule has 0 atom stereocenters. The van der Waals surface area contributed by atoms with Crippen molar-refractivity contribution in [3.05, 3.63) is 46.8 Å². The van der Waals surface area contributed by atoms with Gasteiger partial charge in [-0.15, -0.1) is 0 Å². The van der Waals surface area contributed by atoms with Gasteiger partial charge in [0, 0.05) is 56.1 Å². The molecule has 6 heteroatoms. The van der Waals surface area contributed by atoms with E-state index in [2.05, 4.69) is 53.4 Å². The van der Waals surface area contributed by atoms with Crippen LogP contribution in [0.2, 0.25) is 0 Å². The lowest BCUT2D eigenvalue weighted by Gasteiger charge is -2.30. The van der Waals surface area contributed by atoms with Crippen LogP contribution in [0.25, 0.3) is 0 Å². The van der Waals surface area contributed by atoms with Crippen molar-refractivity contribution in [3.8, 4) is 0 Å². The number of nitrogens with two attached hydrogens (primary N) is 1. The number of aryl methyl sites for hydroxylation is 2. The summed E-state index contributed by atoms with van der Waals surface area (Å²) in [6.07, 6.45) is 0.897. The first-order valence-corrected chi connectivity index (χ1v) is 8.52. The quantitative estimate of drug-likeness (QED) is 0.872. The van der Waals surface area contributed by atoms with Crippen molar-refractivity contribution >= 4 is 11.6 Å². The molecule has 0 fully saturated rings. The zero-order valence-corrected chi connectivity index (χ0v) is 14.4. The number of carbonyl (C=O) groups excluding carboxylic acids is 1. The Kier molecular flexibility index (Phi) is 4.85. The molecule has 0 aliphatic carbocycles. The molecule has 1 aromatic carbocycles. The summed E-state index contributed by atoms with van der Waals surface area (Å²) < 4.78 is 1.96. The maximum absolute atomic E-state index is 12.4. The SMILES string of the molecule is CCn1nc(C(=O)NCCN)c2c1CCN(c1cccc(C)c1)C2. The van der Waals surface area contributed by atoms with Crippen LogP contribution >= 0.6 is 0 Å². The van der Waals surface area contributed by atoms with E-state index in [-0.39, 0.29) is 5.91 Å². The van der Waals surface area contributed by atoms with Crippen molar-refractivity contribution in [2.45, 2.75) is 33.4 Å². The standard InChI is InChI=1S/C18H25N5O/c1-3-23-16-7-10-22(14-6-4-5-13(2)11-14)12-15(16)17(21-23)18(24)20-9-8-19/h4-6,11H,3,7-10,12,19H2,1-2H3,(H,20,24). The van der Waals surface area contributed by atoms with Gasteiger partial charge in [0.2, 0.25) is 0 Å². The highest BCUT2D eigenvalue weighted by atomic mass is 16.1. The third-order valence-electron chi connectivity index (χ3n) is 4.45. The summed E-state index contributed by atoms with van der Waals surface area (Å²) in [5.74, 6) is -0.130. The largest absolute Gasteiger partial charge is 0.367 e. The van der Waals surface area contributed by atoms with Crippen molar-refractivity contribution < 1.29 is 4.79 Å². The van der Waals surface area contributed by atoms with Crippen molar-refractivity contribution in [3.63, 3.8) is 0 Å². The van der Waals surface area contributed by atoms with Gasteiger partial charge in [0.25, 0.3) is 5.91 Å². The Hall–Kier alpha value is -2.34. The Morgan fingerprint density at radius 1 is 1.42 bits per heavy atom. The Bertz CT molecular complexity index is 737. The summed E-state index contributed by atoms with van der Waals surface area (Å²) in [7, 11) is 0. The normalized spacial score (nSPS) is 13.7. The van der Waals surface area contributed by atoms with Gasteiger partial charge in [0.1, 0.15) is 0 Å². The average Bonchev–Trinajstić information content (AvgIpc) is 2.97. The Morgan fingerprint density at radius 3 is 2.96 bits per heavy atom. The van der Waals surface area contributed by atoms with Crippen LogP contribution in [-0.2, 0) is 19.5 Å². The van der Waals surface area contributed by atoms with E-state index in [1.165, 1.54) is 16.9 Å². The van der Waals surface area contributed by atoms with Crippen LogP contribution in [0.4, 0.5) is 5.69 Å². The molecule has 1 aliphatic rings. The molecule has 0 radical (unpaired) electrons. The number of hydrogen-bond donors (Lipinski definition) is 2. The zero-order chi connectivity index (χ0) is 17.1. The minimum atomic E-state index is -0.130. The van der Waals surface area contributed by atoms with Gasteiger partial charge in [-0.25, -0.2) is 0 Å². The highest BCUT2D eigenvalue weighted by Crippen LogP contribution is 2.27. The number of fused-ring (bicyclic) bond motifs is 1. The fraction of sp³-hybridized carbons (Fsp3) is 0.444. The van der Waals surface area contributed by atoms with Crippen LogP contribution in [0.1, 0.15) is 34.2 Å². The minimum absolute atomic E-state index is 0.130. The summed E-state index contributed by atoms with van der Waals surface area (Å²) in [4.78, 5) is 14.8. The zero-order valence-electron chi connectivity index (χ0n) is 14.4. The number of nitrogens with zero attached hydrogens (tertiary/aromatic N) is 3. The van der Waals surface area contributed by atoms with E-state index >= 15 is 0 Å². The molecule has 0 unspecified atom stereocenters. The number of aromatic nitrogens is 2. The first-order valence-electron chi connectivity index (χ1n) is 8.52. The molecule has 2 heterocycles. The minimum Gasteiger partial charge on any atom is -0.367 e. The average molecular weight is 327 g/mol. The fourth-order valence-electron chi connectivity index (χ4n) is 3.25. The molecule has 3 N–H and O–H groups in total. The van der Waals surface area contributed by atoms with Crippen LogP contribution < -0.4 is 16.0 Å². The second-order valence-electron chi connectivity index (χ2n) is 6.14. The lowest BCUT2D eigenvalue weighted by atomic mass is 10.0. The third-order valence-corrected chi connectivity index (χ3v) is 4.45. The summed E-state index contributed by atoms with van der Waals surface area (Å²) in [6.45, 7) is 7.47. The van der Waals surface area contributed by atoms with Crippen LogP contribution in [0, 0.1) is 6.92 Å². The van der Waals surface area contributed by atoms with E-state index in [0.29, 0.717) is 25.3 Å². The molecular formula is C18H25N5O. The molecule has 1 aromatic heterocycles. The van der Waals surface area contributed by atoms with Crippen molar-refractivity contribution in [1.29, 1.82) is 0 Å². The summed E-state index contributed by atoms with van der Waals surface area (Å²) in [5.41, 5.74) is 10.7. The third kappa shape index (κ3) is 3.14. The van der Waals surface area contributed by atoms with Gasteiger partial charge in [-0.3, -0.25) is 9.48 Å². The molecule has 6 nitrogen and oxygen atoms in total. The molecule has 0 saturated carbocycles. The molecule has 24 heavy (non-hydrogen) atoms. The first-order chi connectivity index (χ1) is 11.6. The first kappa shape index (κ1) is 16.5. The lowest BCUT2D eigenvalue weighted by Crippen LogP contribution is -2.33. The second-order valence-corrected chi connectivity index (χ2v) is 6.14. The van der Waals surface area contributed by atoms with Gasteiger partial charge in [0.15, 0.2) is 5.69 Å². The van der Waals surface area contributed by atoms with Gasteiger partial charge < -0.3 is 16.0 Å². The fourth-order valence-corrected chi connectivity index (χ4v) is 3.25. The predicted molar refractivity (Wildman–Crippen MR) is 95.2 cm³/mol.